The van der Waals surface area contributed by atoms with Crippen LogP contribution in [0.25, 0.3) is 0 Å². The van der Waals surface area contributed by atoms with Gasteiger partial charge in [0.2, 0.25) is 10.0 Å². The highest BCUT2D eigenvalue weighted by Gasteiger charge is 2.22. The maximum atomic E-state index is 12.7. The van der Waals surface area contributed by atoms with E-state index in [1.54, 1.807) is 47.3 Å². The van der Waals surface area contributed by atoms with Crippen LogP contribution in [0, 0.1) is 6.92 Å². The van der Waals surface area contributed by atoms with Gasteiger partial charge in [0.1, 0.15) is 0 Å². The lowest BCUT2D eigenvalue weighted by Gasteiger charge is -2.18. The Bertz CT molecular complexity index is 873. The second-order valence-electron chi connectivity index (χ2n) is 5.23. The van der Waals surface area contributed by atoms with Crippen LogP contribution in [0.2, 0.25) is 5.02 Å². The quantitative estimate of drug-likeness (QED) is 0.711. The molecule has 1 N–H and O–H groups in total. The smallest absolute Gasteiger partial charge is 0.240 e. The van der Waals surface area contributed by atoms with Gasteiger partial charge in [0.05, 0.1) is 10.9 Å². The standard InChI is InChI=1S/C16H16ClN3O2S2/c1-12-13(17)5-2-7-16(12)24(21,22)19-11-14(15-6-3-10-23-15)20-9-4-8-18-20/h2-10,14,19H,11H2,1H3. The average Bonchev–Trinajstić information content (AvgIpc) is 3.24. The Labute approximate surface area is 150 Å². The number of rotatable bonds is 6. The van der Waals surface area contributed by atoms with Crippen LogP contribution >= 0.6 is 22.9 Å². The molecule has 24 heavy (non-hydrogen) atoms. The van der Waals surface area contributed by atoms with E-state index in [1.807, 2.05) is 29.8 Å². The van der Waals surface area contributed by atoms with Crippen molar-refractivity contribution in [2.24, 2.45) is 0 Å². The van der Waals surface area contributed by atoms with E-state index in [9.17, 15) is 8.42 Å². The maximum absolute atomic E-state index is 12.7. The highest BCUT2D eigenvalue weighted by atomic mass is 35.5. The molecule has 0 saturated carbocycles. The van der Waals surface area contributed by atoms with Gasteiger partial charge in [-0.05, 0) is 42.1 Å². The van der Waals surface area contributed by atoms with Crippen molar-refractivity contribution in [3.05, 3.63) is 69.6 Å². The summed E-state index contributed by atoms with van der Waals surface area (Å²) in [6, 6.07) is 10.4. The van der Waals surface area contributed by atoms with Crippen LogP contribution in [0.4, 0.5) is 0 Å². The summed E-state index contributed by atoms with van der Waals surface area (Å²) in [6.07, 6.45) is 3.50. The van der Waals surface area contributed by atoms with Gasteiger partial charge in [-0.1, -0.05) is 23.7 Å². The summed E-state index contributed by atoms with van der Waals surface area (Å²) in [4.78, 5) is 1.23. The number of nitrogens with zero attached hydrogens (tertiary/aromatic N) is 2. The Hall–Kier alpha value is -1.67. The lowest BCUT2D eigenvalue weighted by atomic mass is 10.2. The predicted octanol–water partition coefficient (Wildman–Crippen LogP) is 3.47. The van der Waals surface area contributed by atoms with Crippen LogP contribution < -0.4 is 4.72 Å². The first-order chi connectivity index (χ1) is 11.5. The average molecular weight is 382 g/mol. The summed E-state index contributed by atoms with van der Waals surface area (Å²) < 4.78 is 29.7. The summed E-state index contributed by atoms with van der Waals surface area (Å²) >= 11 is 7.60. The van der Waals surface area contributed by atoms with Gasteiger partial charge in [0, 0.05) is 28.8 Å². The van der Waals surface area contributed by atoms with Crippen molar-refractivity contribution in [1.82, 2.24) is 14.5 Å². The Morgan fingerprint density at radius 2 is 2.12 bits per heavy atom. The predicted molar refractivity (Wildman–Crippen MR) is 96.1 cm³/mol. The Kier molecular flexibility index (Phi) is 5.05. The van der Waals surface area contributed by atoms with Gasteiger partial charge < -0.3 is 0 Å². The first kappa shape index (κ1) is 17.2. The van der Waals surface area contributed by atoms with Gasteiger partial charge >= 0.3 is 0 Å². The molecule has 0 saturated heterocycles. The van der Waals surface area contributed by atoms with E-state index in [0.717, 1.165) is 4.88 Å². The fraction of sp³-hybridized carbons (Fsp3) is 0.188. The molecule has 0 radical (unpaired) electrons. The van der Waals surface area contributed by atoms with Crippen LogP contribution in [0.15, 0.2) is 59.1 Å². The van der Waals surface area contributed by atoms with E-state index in [1.165, 1.54) is 0 Å². The molecule has 1 atom stereocenters. The molecule has 0 amide bonds. The van der Waals surface area contributed by atoms with Crippen molar-refractivity contribution in [2.45, 2.75) is 17.9 Å². The molecule has 126 valence electrons. The van der Waals surface area contributed by atoms with Crippen molar-refractivity contribution >= 4 is 33.0 Å². The van der Waals surface area contributed by atoms with Crippen LogP contribution in [0.1, 0.15) is 16.5 Å². The zero-order valence-corrected chi connectivity index (χ0v) is 15.3. The molecule has 2 heterocycles. The minimum atomic E-state index is -3.66. The lowest BCUT2D eigenvalue weighted by molar-refractivity contribution is 0.511. The number of thiophene rings is 1. The zero-order chi connectivity index (χ0) is 17.2. The van der Waals surface area contributed by atoms with Crippen molar-refractivity contribution in [1.29, 1.82) is 0 Å². The molecule has 3 aromatic rings. The molecule has 5 nitrogen and oxygen atoms in total. The van der Waals surface area contributed by atoms with Gasteiger partial charge in [-0.15, -0.1) is 11.3 Å². The third-order valence-corrected chi connectivity index (χ3v) is 6.64. The number of hydrogen-bond acceptors (Lipinski definition) is 4. The lowest BCUT2D eigenvalue weighted by Crippen LogP contribution is -2.31. The molecule has 0 bridgehead atoms. The van der Waals surface area contributed by atoms with E-state index in [0.29, 0.717) is 10.6 Å². The van der Waals surface area contributed by atoms with Crippen LogP contribution in [0.3, 0.4) is 0 Å². The SMILES string of the molecule is Cc1c(Cl)cccc1S(=O)(=O)NCC(c1cccs1)n1cccn1. The fourth-order valence-electron chi connectivity index (χ4n) is 2.42. The number of benzene rings is 1. The monoisotopic (exact) mass is 381 g/mol. The molecule has 0 aliphatic carbocycles. The summed E-state index contributed by atoms with van der Waals surface area (Å²) in [7, 11) is -3.66. The van der Waals surface area contributed by atoms with Gasteiger partial charge in [-0.2, -0.15) is 5.10 Å². The van der Waals surface area contributed by atoms with Crippen molar-refractivity contribution in [3.63, 3.8) is 0 Å². The summed E-state index contributed by atoms with van der Waals surface area (Å²) in [5.41, 5.74) is 0.540. The normalized spacial score (nSPS) is 13.1. The maximum Gasteiger partial charge on any atom is 0.240 e. The second-order valence-corrected chi connectivity index (χ2v) is 8.35. The Morgan fingerprint density at radius 1 is 1.29 bits per heavy atom. The zero-order valence-electron chi connectivity index (χ0n) is 12.9. The molecule has 3 rings (SSSR count). The Morgan fingerprint density at radius 3 is 2.79 bits per heavy atom. The Balaban J connectivity index is 1.86. The topological polar surface area (TPSA) is 64.0 Å². The number of aromatic nitrogens is 2. The molecular weight excluding hydrogens is 366 g/mol. The van der Waals surface area contributed by atoms with Crippen molar-refractivity contribution in [2.75, 3.05) is 6.54 Å². The highest BCUT2D eigenvalue weighted by molar-refractivity contribution is 7.89. The summed E-state index contributed by atoms with van der Waals surface area (Å²) in [6.45, 7) is 1.90. The molecule has 2 aromatic heterocycles. The van der Waals surface area contributed by atoms with Crippen molar-refractivity contribution in [3.8, 4) is 0 Å². The van der Waals surface area contributed by atoms with Gasteiger partial charge in [0.25, 0.3) is 0 Å². The first-order valence-electron chi connectivity index (χ1n) is 7.26. The molecule has 0 fully saturated rings. The molecule has 1 aromatic carbocycles. The molecule has 0 aliphatic rings. The van der Waals surface area contributed by atoms with Crippen LogP contribution in [0.5, 0.6) is 0 Å². The van der Waals surface area contributed by atoms with Crippen LogP contribution in [-0.2, 0) is 10.0 Å². The van der Waals surface area contributed by atoms with E-state index >= 15 is 0 Å². The van der Waals surface area contributed by atoms with E-state index in [4.69, 9.17) is 11.6 Å². The van der Waals surface area contributed by atoms with Gasteiger partial charge in [-0.3, -0.25) is 4.68 Å². The number of nitrogens with one attached hydrogen (secondary N) is 1. The first-order valence-corrected chi connectivity index (χ1v) is 10.0. The van der Waals surface area contributed by atoms with E-state index in [2.05, 4.69) is 9.82 Å². The number of halogens is 1. The molecule has 0 spiro atoms. The largest absolute Gasteiger partial charge is 0.263 e. The third-order valence-electron chi connectivity index (χ3n) is 3.69. The van der Waals surface area contributed by atoms with Crippen LogP contribution in [-0.4, -0.2) is 24.7 Å². The van der Waals surface area contributed by atoms with E-state index < -0.39 is 10.0 Å². The van der Waals surface area contributed by atoms with E-state index in [-0.39, 0.29) is 17.5 Å². The highest BCUT2D eigenvalue weighted by Crippen LogP contribution is 2.25. The summed E-state index contributed by atoms with van der Waals surface area (Å²) in [5, 5.41) is 6.64. The summed E-state index contributed by atoms with van der Waals surface area (Å²) in [5.74, 6) is 0. The third kappa shape index (κ3) is 3.54. The minimum absolute atomic E-state index is 0.195. The number of hydrogen-bond donors (Lipinski definition) is 1. The number of sulfonamides is 1. The van der Waals surface area contributed by atoms with Gasteiger partial charge in [-0.25, -0.2) is 13.1 Å². The minimum Gasteiger partial charge on any atom is -0.263 e. The van der Waals surface area contributed by atoms with Crippen molar-refractivity contribution < 1.29 is 8.42 Å². The molecule has 1 unspecified atom stereocenters. The second kappa shape index (κ2) is 7.06. The fourth-order valence-corrected chi connectivity index (χ4v) is 4.77. The molecule has 0 aliphatic heterocycles. The molecule has 8 heteroatoms. The molecular formula is C16H16ClN3O2S2. The van der Waals surface area contributed by atoms with Gasteiger partial charge in [0.15, 0.2) is 0 Å².